The van der Waals surface area contributed by atoms with E-state index in [1.807, 2.05) is 13.8 Å². The molecule has 4 N–H and O–H groups in total. The van der Waals surface area contributed by atoms with Crippen LogP contribution in [0.25, 0.3) is 0 Å². The van der Waals surface area contributed by atoms with Gasteiger partial charge in [-0.15, -0.1) is 0 Å². The van der Waals surface area contributed by atoms with E-state index in [1.165, 1.54) is 12.1 Å². The number of carbonyl (C=O) groups excluding carboxylic acids is 1. The van der Waals surface area contributed by atoms with E-state index >= 15 is 0 Å². The van der Waals surface area contributed by atoms with Crippen molar-refractivity contribution in [3.05, 3.63) is 52.9 Å². The van der Waals surface area contributed by atoms with Crippen molar-refractivity contribution in [3.63, 3.8) is 0 Å². The van der Waals surface area contributed by atoms with Gasteiger partial charge in [-0.05, 0) is 24.6 Å². The Morgan fingerprint density at radius 3 is 2.57 bits per heavy atom. The molecule has 21 heavy (non-hydrogen) atoms. The fourth-order valence-corrected chi connectivity index (χ4v) is 1.80. The van der Waals surface area contributed by atoms with Gasteiger partial charge in [0.2, 0.25) is 0 Å². The van der Waals surface area contributed by atoms with Gasteiger partial charge in [-0.1, -0.05) is 19.9 Å². The summed E-state index contributed by atoms with van der Waals surface area (Å²) < 4.78 is 27.2. The molecule has 0 spiro atoms. The van der Waals surface area contributed by atoms with E-state index in [0.29, 0.717) is 0 Å². The smallest absolute Gasteiger partial charge is 0.253 e. The Morgan fingerprint density at radius 1 is 1.33 bits per heavy atom. The molecule has 1 aliphatic rings. The first-order valence-electron chi connectivity index (χ1n) is 6.64. The summed E-state index contributed by atoms with van der Waals surface area (Å²) in [4.78, 5) is 11.2. The Balaban J connectivity index is 0.00000106. The third-order valence-corrected chi connectivity index (χ3v) is 2.70. The summed E-state index contributed by atoms with van der Waals surface area (Å²) in [5.74, 6) is -2.15. The number of carbonyl (C=O) groups is 1. The second-order valence-electron chi connectivity index (χ2n) is 4.20. The highest BCUT2D eigenvalue weighted by atomic mass is 19.1. The average Bonchev–Trinajstić information content (AvgIpc) is 2.44. The van der Waals surface area contributed by atoms with Gasteiger partial charge in [0, 0.05) is 6.20 Å². The van der Waals surface area contributed by atoms with Crippen LogP contribution in [0.4, 0.5) is 14.5 Å². The molecule has 0 saturated carbocycles. The molecule has 1 heterocycles. The zero-order valence-corrected chi connectivity index (χ0v) is 12.3. The second-order valence-corrected chi connectivity index (χ2v) is 4.20. The molecule has 6 heteroatoms. The lowest BCUT2D eigenvalue weighted by Gasteiger charge is -2.19. The van der Waals surface area contributed by atoms with Gasteiger partial charge in [0.05, 0.1) is 23.5 Å². The van der Waals surface area contributed by atoms with Gasteiger partial charge in [0.1, 0.15) is 5.82 Å². The number of amides is 1. The van der Waals surface area contributed by atoms with Gasteiger partial charge in [-0.2, -0.15) is 0 Å². The van der Waals surface area contributed by atoms with Crippen LogP contribution in [0.1, 0.15) is 19.4 Å². The standard InChI is InChI=1S/C13H13F2N3O.C2H6/c1-7-2-3-10(8(14)4-7)18-11-6-17-5-9(15)12(11)13(16)19;1-2/h2-5,17-18H,6H2,1H3,(H2,16,19);1-2H3. The third kappa shape index (κ3) is 4.05. The minimum atomic E-state index is -0.898. The SMILES string of the molecule is CC.Cc1ccc(NC2=C(C(N)=O)C(F)=CNC2)c(F)c1. The van der Waals surface area contributed by atoms with Gasteiger partial charge in [0.25, 0.3) is 5.91 Å². The van der Waals surface area contributed by atoms with Crippen molar-refractivity contribution in [2.24, 2.45) is 5.73 Å². The molecular formula is C15H19F2N3O. The highest BCUT2D eigenvalue weighted by molar-refractivity contribution is 5.97. The molecule has 4 nitrogen and oxygen atoms in total. The van der Waals surface area contributed by atoms with Crippen LogP contribution in [-0.2, 0) is 4.79 Å². The molecule has 0 aliphatic carbocycles. The lowest BCUT2D eigenvalue weighted by molar-refractivity contribution is -0.114. The van der Waals surface area contributed by atoms with E-state index < -0.39 is 17.6 Å². The molecule has 0 unspecified atom stereocenters. The Labute approximate surface area is 122 Å². The number of anilines is 1. The highest BCUT2D eigenvalue weighted by Gasteiger charge is 2.21. The van der Waals surface area contributed by atoms with Crippen molar-refractivity contribution in [3.8, 4) is 0 Å². The molecule has 0 saturated heterocycles. The number of rotatable bonds is 3. The lowest BCUT2D eigenvalue weighted by atomic mass is 10.1. The fourth-order valence-electron chi connectivity index (χ4n) is 1.80. The van der Waals surface area contributed by atoms with Crippen LogP contribution < -0.4 is 16.4 Å². The molecule has 1 aromatic carbocycles. The predicted molar refractivity (Wildman–Crippen MR) is 79.5 cm³/mol. The summed E-state index contributed by atoms with van der Waals surface area (Å²) in [6.45, 7) is 5.92. The molecule has 0 radical (unpaired) electrons. The number of hydrogen-bond acceptors (Lipinski definition) is 3. The van der Waals surface area contributed by atoms with Gasteiger partial charge in [0.15, 0.2) is 5.83 Å². The van der Waals surface area contributed by atoms with E-state index in [0.717, 1.165) is 11.8 Å². The molecule has 1 aliphatic heterocycles. The van der Waals surface area contributed by atoms with Crippen LogP contribution in [0.3, 0.4) is 0 Å². The van der Waals surface area contributed by atoms with Crippen LogP contribution >= 0.6 is 0 Å². The Kier molecular flexibility index (Phi) is 5.90. The van der Waals surface area contributed by atoms with E-state index in [-0.39, 0.29) is 23.5 Å². The zero-order valence-electron chi connectivity index (χ0n) is 12.3. The van der Waals surface area contributed by atoms with Crippen molar-refractivity contribution in [2.45, 2.75) is 20.8 Å². The minimum Gasteiger partial charge on any atom is -0.383 e. The lowest BCUT2D eigenvalue weighted by Crippen LogP contribution is -2.28. The normalized spacial score (nSPS) is 13.7. The van der Waals surface area contributed by atoms with Crippen LogP contribution in [0.2, 0.25) is 0 Å². The first-order chi connectivity index (χ1) is 9.99. The van der Waals surface area contributed by atoms with Crippen LogP contribution in [0, 0.1) is 12.7 Å². The first kappa shape index (κ1) is 16.7. The Morgan fingerprint density at radius 2 is 2.00 bits per heavy atom. The van der Waals surface area contributed by atoms with Gasteiger partial charge in [-0.25, -0.2) is 8.78 Å². The van der Waals surface area contributed by atoms with E-state index in [2.05, 4.69) is 10.6 Å². The fraction of sp³-hybridized carbons (Fsp3) is 0.267. The van der Waals surface area contributed by atoms with Gasteiger partial charge in [-0.3, -0.25) is 4.79 Å². The van der Waals surface area contributed by atoms with E-state index in [4.69, 9.17) is 5.73 Å². The molecule has 1 amide bonds. The largest absolute Gasteiger partial charge is 0.383 e. The van der Waals surface area contributed by atoms with Gasteiger partial charge < -0.3 is 16.4 Å². The Hall–Kier alpha value is -2.37. The summed E-state index contributed by atoms with van der Waals surface area (Å²) in [5.41, 5.74) is 5.99. The molecular weight excluding hydrogens is 276 g/mol. The predicted octanol–water partition coefficient (Wildman–Crippen LogP) is 2.73. The quantitative estimate of drug-likeness (QED) is 0.803. The van der Waals surface area contributed by atoms with Crippen LogP contribution in [-0.4, -0.2) is 12.5 Å². The topological polar surface area (TPSA) is 67.1 Å². The van der Waals surface area contributed by atoms with Gasteiger partial charge >= 0.3 is 0 Å². The maximum Gasteiger partial charge on any atom is 0.253 e. The number of aryl methyl sites for hydroxylation is 1. The number of nitrogens with one attached hydrogen (secondary N) is 2. The second kappa shape index (κ2) is 7.42. The summed E-state index contributed by atoms with van der Waals surface area (Å²) in [6, 6.07) is 4.57. The third-order valence-electron chi connectivity index (χ3n) is 2.70. The monoisotopic (exact) mass is 295 g/mol. The Bertz CT molecular complexity index is 595. The van der Waals surface area contributed by atoms with Crippen molar-refractivity contribution < 1.29 is 13.6 Å². The zero-order chi connectivity index (χ0) is 16.0. The highest BCUT2D eigenvalue weighted by Crippen LogP contribution is 2.23. The molecule has 114 valence electrons. The summed E-state index contributed by atoms with van der Waals surface area (Å²) in [7, 11) is 0. The number of nitrogens with two attached hydrogens (primary N) is 1. The van der Waals surface area contributed by atoms with E-state index in [1.54, 1.807) is 13.0 Å². The van der Waals surface area contributed by atoms with E-state index in [9.17, 15) is 13.6 Å². The van der Waals surface area contributed by atoms with Crippen molar-refractivity contribution >= 4 is 11.6 Å². The summed E-state index contributed by atoms with van der Waals surface area (Å²) in [6.07, 6.45) is 1.05. The maximum absolute atomic E-state index is 13.7. The van der Waals surface area contributed by atoms with Crippen LogP contribution in [0.15, 0.2) is 41.5 Å². The number of primary amides is 1. The van der Waals surface area contributed by atoms with Crippen molar-refractivity contribution in [1.82, 2.24) is 5.32 Å². The van der Waals surface area contributed by atoms with Crippen molar-refractivity contribution in [2.75, 3.05) is 11.9 Å². The number of halogens is 2. The van der Waals surface area contributed by atoms with Crippen LogP contribution in [0.5, 0.6) is 0 Å². The number of benzene rings is 1. The first-order valence-corrected chi connectivity index (χ1v) is 6.64. The molecule has 0 aromatic heterocycles. The molecule has 2 rings (SSSR count). The molecule has 1 aromatic rings. The molecule has 0 atom stereocenters. The maximum atomic E-state index is 13.7. The van der Waals surface area contributed by atoms with Crippen molar-refractivity contribution in [1.29, 1.82) is 0 Å². The number of dihydropyridines is 1. The summed E-state index contributed by atoms with van der Waals surface area (Å²) in [5, 5.41) is 5.33. The summed E-state index contributed by atoms with van der Waals surface area (Å²) >= 11 is 0. The molecule has 0 fully saturated rings. The number of hydrogen-bond donors (Lipinski definition) is 3. The average molecular weight is 295 g/mol. The molecule has 0 bridgehead atoms. The minimum absolute atomic E-state index is 0.163.